The van der Waals surface area contributed by atoms with Gasteiger partial charge >= 0.3 is 5.97 Å². The van der Waals surface area contributed by atoms with Crippen LogP contribution in [0.4, 0.5) is 14.6 Å². The van der Waals surface area contributed by atoms with Crippen LogP contribution in [0.15, 0.2) is 42.6 Å². The van der Waals surface area contributed by atoms with Crippen molar-refractivity contribution in [3.63, 3.8) is 0 Å². The number of methoxy groups -OCH3 is 1. The highest BCUT2D eigenvalue weighted by molar-refractivity contribution is 6.03. The molecule has 1 N–H and O–H groups in total. The molecule has 0 spiro atoms. The molecular formula is C21H18F2N2O3. The van der Waals surface area contributed by atoms with Crippen molar-refractivity contribution in [1.29, 1.82) is 0 Å². The van der Waals surface area contributed by atoms with Crippen molar-refractivity contribution in [3.8, 4) is 16.9 Å². The fraction of sp³-hybridized carbons (Fsp3) is 0.238. The van der Waals surface area contributed by atoms with Crippen LogP contribution in [-0.2, 0) is 4.79 Å². The van der Waals surface area contributed by atoms with Gasteiger partial charge in [0.05, 0.1) is 12.5 Å². The Kier molecular flexibility index (Phi) is 4.58. The van der Waals surface area contributed by atoms with Gasteiger partial charge in [-0.2, -0.15) is 0 Å². The summed E-state index contributed by atoms with van der Waals surface area (Å²) in [6.07, 6.45) is 2.69. The molecule has 1 unspecified atom stereocenters. The van der Waals surface area contributed by atoms with Gasteiger partial charge in [-0.15, -0.1) is 0 Å². The smallest absolute Gasteiger partial charge is 0.326 e. The van der Waals surface area contributed by atoms with Gasteiger partial charge in [0, 0.05) is 23.9 Å². The van der Waals surface area contributed by atoms with Gasteiger partial charge in [-0.25, -0.2) is 18.6 Å². The fourth-order valence-corrected chi connectivity index (χ4v) is 3.84. The second-order valence-corrected chi connectivity index (χ2v) is 6.69. The zero-order valence-corrected chi connectivity index (χ0v) is 15.2. The number of ether oxygens (including phenoxy) is 1. The molecule has 28 heavy (non-hydrogen) atoms. The first-order chi connectivity index (χ1) is 13.5. The third kappa shape index (κ3) is 2.93. The molecule has 2 heterocycles. The number of carboxylic acid groups (broad SMARTS) is 1. The average Bonchev–Trinajstić information content (AvgIpc) is 3.17. The first kappa shape index (κ1) is 18.2. The van der Waals surface area contributed by atoms with Gasteiger partial charge in [0.15, 0.2) is 0 Å². The van der Waals surface area contributed by atoms with Crippen LogP contribution in [0.1, 0.15) is 12.8 Å². The maximum Gasteiger partial charge on any atom is 0.326 e. The molecule has 0 amide bonds. The van der Waals surface area contributed by atoms with Crippen LogP contribution in [0, 0.1) is 11.6 Å². The van der Waals surface area contributed by atoms with Crippen LogP contribution >= 0.6 is 0 Å². The molecule has 5 nitrogen and oxygen atoms in total. The summed E-state index contributed by atoms with van der Waals surface area (Å²) in [7, 11) is 1.48. The molecule has 1 aliphatic rings. The lowest BCUT2D eigenvalue weighted by Gasteiger charge is -2.25. The van der Waals surface area contributed by atoms with Crippen LogP contribution in [-0.4, -0.2) is 35.8 Å². The lowest BCUT2D eigenvalue weighted by atomic mass is 9.98. The number of aliphatic carboxylic acids is 1. The summed E-state index contributed by atoms with van der Waals surface area (Å²) in [4.78, 5) is 17.6. The SMILES string of the molecule is COc1ccc(F)cc1-c1cnc(N2CCCC2C(=O)O)c2c(F)cccc12. The van der Waals surface area contributed by atoms with E-state index in [0.717, 1.165) is 0 Å². The van der Waals surface area contributed by atoms with E-state index >= 15 is 0 Å². The van der Waals surface area contributed by atoms with Crippen molar-refractivity contribution in [2.75, 3.05) is 18.6 Å². The number of hydrogen-bond acceptors (Lipinski definition) is 4. The van der Waals surface area contributed by atoms with Crippen LogP contribution in [0.25, 0.3) is 21.9 Å². The Balaban J connectivity index is 1.97. The van der Waals surface area contributed by atoms with Crippen LogP contribution in [0.5, 0.6) is 5.75 Å². The van der Waals surface area contributed by atoms with Gasteiger partial charge in [-0.05, 0) is 42.5 Å². The van der Waals surface area contributed by atoms with E-state index < -0.39 is 23.6 Å². The minimum atomic E-state index is -0.959. The Morgan fingerprint density at radius 3 is 2.82 bits per heavy atom. The second-order valence-electron chi connectivity index (χ2n) is 6.69. The molecule has 0 aliphatic carbocycles. The molecule has 1 aromatic heterocycles. The first-order valence-electron chi connectivity index (χ1n) is 8.92. The Morgan fingerprint density at radius 2 is 2.07 bits per heavy atom. The van der Waals surface area contributed by atoms with E-state index in [0.29, 0.717) is 41.6 Å². The van der Waals surface area contributed by atoms with Crippen molar-refractivity contribution in [2.45, 2.75) is 18.9 Å². The van der Waals surface area contributed by atoms with Gasteiger partial charge in [-0.3, -0.25) is 0 Å². The van der Waals surface area contributed by atoms with Gasteiger partial charge in [0.2, 0.25) is 0 Å². The molecule has 1 atom stereocenters. The van der Waals surface area contributed by atoms with Crippen LogP contribution in [0.2, 0.25) is 0 Å². The minimum absolute atomic E-state index is 0.222. The largest absolute Gasteiger partial charge is 0.496 e. The minimum Gasteiger partial charge on any atom is -0.496 e. The Labute approximate surface area is 160 Å². The number of carboxylic acids is 1. The average molecular weight is 384 g/mol. The van der Waals surface area contributed by atoms with E-state index in [-0.39, 0.29) is 11.2 Å². The van der Waals surface area contributed by atoms with Gasteiger partial charge < -0.3 is 14.7 Å². The van der Waals surface area contributed by atoms with E-state index in [9.17, 15) is 18.7 Å². The number of carbonyl (C=O) groups is 1. The summed E-state index contributed by atoms with van der Waals surface area (Å²) in [5, 5.41) is 10.2. The molecule has 3 aromatic rings. The zero-order chi connectivity index (χ0) is 19.8. The number of aromatic nitrogens is 1. The third-order valence-corrected chi connectivity index (χ3v) is 5.10. The van der Waals surface area contributed by atoms with Crippen molar-refractivity contribution >= 4 is 22.6 Å². The van der Waals surface area contributed by atoms with Gasteiger partial charge in [-0.1, -0.05) is 12.1 Å². The molecule has 1 fully saturated rings. The molecule has 7 heteroatoms. The molecule has 0 radical (unpaired) electrons. The predicted molar refractivity (Wildman–Crippen MR) is 102 cm³/mol. The van der Waals surface area contributed by atoms with E-state index in [2.05, 4.69) is 4.98 Å². The summed E-state index contributed by atoms with van der Waals surface area (Å²) >= 11 is 0. The maximum atomic E-state index is 14.9. The monoisotopic (exact) mass is 384 g/mol. The molecule has 1 aliphatic heterocycles. The Morgan fingerprint density at radius 1 is 1.25 bits per heavy atom. The predicted octanol–water partition coefficient (Wildman–Crippen LogP) is 4.24. The molecule has 144 valence electrons. The Hall–Kier alpha value is -3.22. The fourth-order valence-electron chi connectivity index (χ4n) is 3.84. The number of anilines is 1. The van der Waals surface area contributed by atoms with E-state index in [1.54, 1.807) is 17.0 Å². The summed E-state index contributed by atoms with van der Waals surface area (Å²) in [6.45, 7) is 0.482. The molecule has 2 aromatic carbocycles. The zero-order valence-electron chi connectivity index (χ0n) is 15.2. The highest BCUT2D eigenvalue weighted by Crippen LogP contribution is 2.40. The number of nitrogens with zero attached hydrogens (tertiary/aromatic N) is 2. The van der Waals surface area contributed by atoms with Crippen molar-refractivity contribution in [1.82, 2.24) is 4.98 Å². The third-order valence-electron chi connectivity index (χ3n) is 5.10. The van der Waals surface area contributed by atoms with Crippen LogP contribution in [0.3, 0.4) is 0 Å². The van der Waals surface area contributed by atoms with Gasteiger partial charge in [0.25, 0.3) is 0 Å². The van der Waals surface area contributed by atoms with Gasteiger partial charge in [0.1, 0.15) is 29.2 Å². The van der Waals surface area contributed by atoms with E-state index in [4.69, 9.17) is 4.74 Å². The molecule has 0 saturated carbocycles. The number of halogens is 2. The van der Waals surface area contributed by atoms with Crippen molar-refractivity contribution in [3.05, 3.63) is 54.2 Å². The second kappa shape index (κ2) is 7.07. The first-order valence-corrected chi connectivity index (χ1v) is 8.92. The summed E-state index contributed by atoms with van der Waals surface area (Å²) < 4.78 is 34.1. The maximum absolute atomic E-state index is 14.9. The lowest BCUT2D eigenvalue weighted by Crippen LogP contribution is -2.36. The number of rotatable bonds is 4. The highest BCUT2D eigenvalue weighted by atomic mass is 19.1. The summed E-state index contributed by atoms with van der Waals surface area (Å²) in [5.74, 6) is -1.19. The number of hydrogen-bond donors (Lipinski definition) is 1. The number of benzene rings is 2. The summed E-state index contributed by atoms with van der Waals surface area (Å²) in [5.41, 5.74) is 0.967. The topological polar surface area (TPSA) is 62.7 Å². The van der Waals surface area contributed by atoms with E-state index in [1.807, 2.05) is 0 Å². The summed E-state index contributed by atoms with van der Waals surface area (Å²) in [6, 6.07) is 7.95. The standard InChI is InChI=1S/C21H18F2N2O3/c1-28-18-8-7-12(22)10-14(18)15-11-24-20(19-13(15)4-2-5-16(19)23)25-9-3-6-17(25)21(26)27/h2,4-5,7-8,10-11,17H,3,6,9H2,1H3,(H,26,27). The molecular weight excluding hydrogens is 366 g/mol. The van der Waals surface area contributed by atoms with Crippen molar-refractivity contribution in [2.24, 2.45) is 0 Å². The highest BCUT2D eigenvalue weighted by Gasteiger charge is 2.33. The van der Waals surface area contributed by atoms with Crippen molar-refractivity contribution < 1.29 is 23.4 Å². The normalized spacial score (nSPS) is 16.5. The number of fused-ring (bicyclic) bond motifs is 1. The van der Waals surface area contributed by atoms with E-state index in [1.165, 1.54) is 37.6 Å². The van der Waals surface area contributed by atoms with Crippen LogP contribution < -0.4 is 9.64 Å². The molecule has 1 saturated heterocycles. The molecule has 4 rings (SSSR count). The Bertz CT molecular complexity index is 1070. The lowest BCUT2D eigenvalue weighted by molar-refractivity contribution is -0.138. The number of pyridine rings is 1. The molecule has 0 bridgehead atoms. The quantitative estimate of drug-likeness (QED) is 0.729.